The maximum atomic E-state index is 12.2. The van der Waals surface area contributed by atoms with Gasteiger partial charge >= 0.3 is 0 Å². The van der Waals surface area contributed by atoms with Crippen LogP contribution in [-0.2, 0) is 12.8 Å². The molecule has 0 spiro atoms. The first-order chi connectivity index (χ1) is 8.30. The SMILES string of the molecule is CC(C)NC(=O)c1c(N)sc2c1CCC(C)(C)C2. The maximum Gasteiger partial charge on any atom is 0.254 e. The summed E-state index contributed by atoms with van der Waals surface area (Å²) in [7, 11) is 0. The molecule has 18 heavy (non-hydrogen) atoms. The third-order valence-corrected chi connectivity index (χ3v) is 4.52. The molecule has 1 aromatic rings. The molecule has 1 aliphatic rings. The van der Waals surface area contributed by atoms with Crippen LogP contribution in [0.1, 0.15) is 54.9 Å². The second-order valence-electron chi connectivity index (χ2n) is 6.21. The Hall–Kier alpha value is -1.03. The fourth-order valence-electron chi connectivity index (χ4n) is 2.51. The molecule has 1 aromatic heterocycles. The number of fused-ring (bicyclic) bond motifs is 1. The lowest BCUT2D eigenvalue weighted by molar-refractivity contribution is 0.0942. The summed E-state index contributed by atoms with van der Waals surface area (Å²) in [4.78, 5) is 13.5. The fraction of sp³-hybridized carbons (Fsp3) is 0.643. The number of hydrogen-bond donors (Lipinski definition) is 2. The van der Waals surface area contributed by atoms with E-state index in [0.29, 0.717) is 10.4 Å². The highest BCUT2D eigenvalue weighted by atomic mass is 32.1. The minimum absolute atomic E-state index is 0.0142. The van der Waals surface area contributed by atoms with Crippen molar-refractivity contribution in [2.24, 2.45) is 5.41 Å². The third kappa shape index (κ3) is 2.53. The van der Waals surface area contributed by atoms with Crippen molar-refractivity contribution >= 4 is 22.2 Å². The zero-order chi connectivity index (χ0) is 13.5. The first-order valence-corrected chi connectivity index (χ1v) is 7.33. The summed E-state index contributed by atoms with van der Waals surface area (Å²) in [6.07, 6.45) is 3.13. The molecule has 1 aliphatic carbocycles. The molecule has 0 saturated heterocycles. The van der Waals surface area contributed by atoms with E-state index in [1.54, 1.807) is 11.3 Å². The topological polar surface area (TPSA) is 55.1 Å². The number of carbonyl (C=O) groups excluding carboxylic acids is 1. The highest BCUT2D eigenvalue weighted by Crippen LogP contribution is 2.42. The second-order valence-corrected chi connectivity index (χ2v) is 7.35. The van der Waals surface area contributed by atoms with E-state index in [4.69, 9.17) is 5.73 Å². The van der Waals surface area contributed by atoms with Crippen molar-refractivity contribution in [1.29, 1.82) is 0 Å². The summed E-state index contributed by atoms with van der Waals surface area (Å²) in [6, 6.07) is 0.146. The molecule has 3 N–H and O–H groups in total. The Kier molecular flexibility index (Phi) is 3.41. The minimum atomic E-state index is -0.0142. The quantitative estimate of drug-likeness (QED) is 0.864. The average Bonchev–Trinajstić information content (AvgIpc) is 2.50. The van der Waals surface area contributed by atoms with Gasteiger partial charge in [0.15, 0.2) is 0 Å². The van der Waals surface area contributed by atoms with Gasteiger partial charge in [-0.2, -0.15) is 0 Å². The summed E-state index contributed by atoms with van der Waals surface area (Å²) in [5.41, 5.74) is 8.30. The Bertz CT molecular complexity index is 474. The van der Waals surface area contributed by atoms with Crippen LogP contribution < -0.4 is 11.1 Å². The van der Waals surface area contributed by atoms with Crippen molar-refractivity contribution in [2.45, 2.75) is 53.0 Å². The van der Waals surface area contributed by atoms with Crippen molar-refractivity contribution in [3.05, 3.63) is 16.0 Å². The molecule has 0 radical (unpaired) electrons. The third-order valence-electron chi connectivity index (χ3n) is 3.46. The molecule has 3 nitrogen and oxygen atoms in total. The number of nitrogens with two attached hydrogens (primary N) is 1. The largest absolute Gasteiger partial charge is 0.390 e. The van der Waals surface area contributed by atoms with E-state index in [9.17, 15) is 4.79 Å². The first-order valence-electron chi connectivity index (χ1n) is 6.51. The summed E-state index contributed by atoms with van der Waals surface area (Å²) in [5, 5.41) is 3.62. The smallest absolute Gasteiger partial charge is 0.254 e. The van der Waals surface area contributed by atoms with Gasteiger partial charge in [-0.25, -0.2) is 0 Å². The Labute approximate surface area is 113 Å². The lowest BCUT2D eigenvalue weighted by Gasteiger charge is -2.29. The van der Waals surface area contributed by atoms with Crippen molar-refractivity contribution in [3.8, 4) is 0 Å². The van der Waals surface area contributed by atoms with Gasteiger partial charge in [-0.05, 0) is 44.1 Å². The van der Waals surface area contributed by atoms with Crippen LogP contribution in [0.15, 0.2) is 0 Å². The van der Waals surface area contributed by atoms with Crippen LogP contribution in [0, 0.1) is 5.41 Å². The Morgan fingerprint density at radius 3 is 2.72 bits per heavy atom. The summed E-state index contributed by atoms with van der Waals surface area (Å²) in [5.74, 6) is -0.0142. The first kappa shape index (κ1) is 13.4. The van der Waals surface area contributed by atoms with Crippen LogP contribution in [0.4, 0.5) is 5.00 Å². The van der Waals surface area contributed by atoms with Gasteiger partial charge in [0.2, 0.25) is 0 Å². The van der Waals surface area contributed by atoms with Crippen LogP contribution in [0.5, 0.6) is 0 Å². The standard InChI is InChI=1S/C14H22N2OS/c1-8(2)16-13(17)11-9-5-6-14(3,4)7-10(9)18-12(11)15/h8H,5-7,15H2,1-4H3,(H,16,17). The van der Waals surface area contributed by atoms with E-state index < -0.39 is 0 Å². The van der Waals surface area contributed by atoms with Gasteiger partial charge in [-0.1, -0.05) is 13.8 Å². The fourth-order valence-corrected chi connectivity index (χ4v) is 3.88. The van der Waals surface area contributed by atoms with Crippen LogP contribution in [-0.4, -0.2) is 11.9 Å². The number of thiophene rings is 1. The van der Waals surface area contributed by atoms with Crippen molar-refractivity contribution in [1.82, 2.24) is 5.32 Å². The highest BCUT2D eigenvalue weighted by Gasteiger charge is 2.31. The number of carbonyl (C=O) groups is 1. The number of hydrogen-bond acceptors (Lipinski definition) is 3. The molecule has 0 aliphatic heterocycles. The van der Waals surface area contributed by atoms with E-state index >= 15 is 0 Å². The predicted molar refractivity (Wildman–Crippen MR) is 77.1 cm³/mol. The number of amides is 1. The van der Waals surface area contributed by atoms with Gasteiger partial charge in [0.25, 0.3) is 5.91 Å². The molecule has 1 heterocycles. The lowest BCUT2D eigenvalue weighted by atomic mass is 9.77. The monoisotopic (exact) mass is 266 g/mol. The zero-order valence-corrected chi connectivity index (χ0v) is 12.4. The van der Waals surface area contributed by atoms with E-state index in [-0.39, 0.29) is 11.9 Å². The van der Waals surface area contributed by atoms with Crippen LogP contribution in [0.25, 0.3) is 0 Å². The molecule has 0 fully saturated rings. The van der Waals surface area contributed by atoms with Crippen molar-refractivity contribution in [2.75, 3.05) is 5.73 Å². The molecule has 0 atom stereocenters. The van der Waals surface area contributed by atoms with E-state index in [0.717, 1.165) is 24.8 Å². The Balaban J connectivity index is 2.34. The van der Waals surface area contributed by atoms with Gasteiger partial charge < -0.3 is 11.1 Å². The van der Waals surface area contributed by atoms with Crippen molar-refractivity contribution in [3.63, 3.8) is 0 Å². The molecule has 0 bridgehead atoms. The van der Waals surface area contributed by atoms with E-state index in [1.165, 1.54) is 10.4 Å². The lowest BCUT2D eigenvalue weighted by Crippen LogP contribution is -2.31. The molecule has 0 unspecified atom stereocenters. The predicted octanol–water partition coefficient (Wildman–Crippen LogP) is 2.98. The molecule has 4 heteroatoms. The van der Waals surface area contributed by atoms with Crippen molar-refractivity contribution < 1.29 is 4.79 Å². The number of rotatable bonds is 2. The Morgan fingerprint density at radius 2 is 2.11 bits per heavy atom. The van der Waals surface area contributed by atoms with Gasteiger partial charge in [0, 0.05) is 10.9 Å². The Morgan fingerprint density at radius 1 is 1.44 bits per heavy atom. The van der Waals surface area contributed by atoms with Gasteiger partial charge in [-0.3, -0.25) is 4.79 Å². The number of nitrogens with one attached hydrogen (secondary N) is 1. The number of anilines is 1. The second kappa shape index (κ2) is 4.57. The van der Waals surface area contributed by atoms with E-state index in [1.807, 2.05) is 13.8 Å². The molecule has 0 aromatic carbocycles. The van der Waals surface area contributed by atoms with Gasteiger partial charge in [-0.15, -0.1) is 11.3 Å². The molecule has 100 valence electrons. The minimum Gasteiger partial charge on any atom is -0.390 e. The molecule has 1 amide bonds. The summed E-state index contributed by atoms with van der Waals surface area (Å²) >= 11 is 1.59. The van der Waals surface area contributed by atoms with Gasteiger partial charge in [0.05, 0.1) is 10.6 Å². The maximum absolute atomic E-state index is 12.2. The number of nitrogen functional groups attached to an aromatic ring is 1. The zero-order valence-electron chi connectivity index (χ0n) is 11.6. The average molecular weight is 266 g/mol. The van der Waals surface area contributed by atoms with E-state index in [2.05, 4.69) is 19.2 Å². The summed E-state index contributed by atoms with van der Waals surface area (Å²) < 4.78 is 0. The molecular formula is C14H22N2OS. The molecule has 2 rings (SSSR count). The van der Waals surface area contributed by atoms with Crippen LogP contribution >= 0.6 is 11.3 Å². The van der Waals surface area contributed by atoms with Crippen LogP contribution in [0.3, 0.4) is 0 Å². The normalized spacial score (nSPS) is 17.6. The molecule has 0 saturated carbocycles. The van der Waals surface area contributed by atoms with Gasteiger partial charge in [0.1, 0.15) is 0 Å². The molecular weight excluding hydrogens is 244 g/mol. The summed E-state index contributed by atoms with van der Waals surface area (Å²) in [6.45, 7) is 8.49. The van der Waals surface area contributed by atoms with Crippen LogP contribution in [0.2, 0.25) is 0 Å². The highest BCUT2D eigenvalue weighted by molar-refractivity contribution is 7.16.